The van der Waals surface area contributed by atoms with Crippen LogP contribution in [0, 0.1) is 11.3 Å². The molecule has 0 bridgehead atoms. The van der Waals surface area contributed by atoms with E-state index in [0.717, 1.165) is 30.6 Å². The Morgan fingerprint density at radius 2 is 1.86 bits per heavy atom. The number of carbonyl (C=O) groups is 2. The second kappa shape index (κ2) is 8.57. The topological polar surface area (TPSA) is 67.4 Å². The lowest BCUT2D eigenvalue weighted by Gasteiger charge is -2.19. The van der Waals surface area contributed by atoms with Gasteiger partial charge >= 0.3 is 0 Å². The van der Waals surface area contributed by atoms with Crippen LogP contribution in [0.3, 0.4) is 0 Å². The molecule has 2 aromatic rings. The summed E-state index contributed by atoms with van der Waals surface area (Å²) in [5.41, 5.74) is 1.88. The van der Waals surface area contributed by atoms with E-state index in [4.69, 9.17) is 4.74 Å². The molecule has 156 valence electrons. The highest BCUT2D eigenvalue weighted by Gasteiger charge is 2.30. The predicted molar refractivity (Wildman–Crippen MR) is 119 cm³/mol. The number of benzene rings is 1. The fourth-order valence-corrected chi connectivity index (χ4v) is 4.77. The minimum absolute atomic E-state index is 0.0840. The highest BCUT2D eigenvalue weighted by Crippen LogP contribution is 2.40. The van der Waals surface area contributed by atoms with Gasteiger partial charge in [0.25, 0.3) is 5.91 Å². The average molecular weight is 415 g/mol. The van der Waals surface area contributed by atoms with Gasteiger partial charge < -0.3 is 15.4 Å². The first kappa shape index (κ1) is 21.4. The molecular formula is C23H30N2O3S. The van der Waals surface area contributed by atoms with Gasteiger partial charge in [-0.3, -0.25) is 9.59 Å². The number of nitrogens with one attached hydrogen (secondary N) is 2. The molecule has 29 heavy (non-hydrogen) atoms. The number of rotatable bonds is 5. The number of thiophene rings is 1. The van der Waals surface area contributed by atoms with Gasteiger partial charge in [-0.1, -0.05) is 27.7 Å². The molecule has 2 N–H and O–H groups in total. The summed E-state index contributed by atoms with van der Waals surface area (Å²) in [5, 5.41) is 6.66. The van der Waals surface area contributed by atoms with Crippen molar-refractivity contribution >= 4 is 33.8 Å². The molecule has 1 heterocycles. The Balaban J connectivity index is 1.89. The van der Waals surface area contributed by atoms with Crippen LogP contribution in [0.25, 0.3) is 0 Å². The first-order chi connectivity index (χ1) is 13.7. The van der Waals surface area contributed by atoms with Crippen LogP contribution in [0.15, 0.2) is 24.3 Å². The normalized spacial score (nSPS) is 16.1. The summed E-state index contributed by atoms with van der Waals surface area (Å²) < 4.78 is 5.46. The van der Waals surface area contributed by atoms with E-state index in [1.54, 1.807) is 11.3 Å². The first-order valence-corrected chi connectivity index (χ1v) is 11.0. The highest BCUT2D eigenvalue weighted by molar-refractivity contribution is 7.17. The monoisotopic (exact) mass is 414 g/mol. The Bertz CT molecular complexity index is 894. The van der Waals surface area contributed by atoms with E-state index in [2.05, 4.69) is 17.6 Å². The second-order valence-corrected chi connectivity index (χ2v) is 9.78. The smallest absolute Gasteiger partial charge is 0.258 e. The third-order valence-electron chi connectivity index (χ3n) is 5.07. The van der Waals surface area contributed by atoms with Crippen LogP contribution < -0.4 is 15.4 Å². The fraction of sp³-hybridized carbons (Fsp3) is 0.478. The maximum atomic E-state index is 13.2. The van der Waals surface area contributed by atoms with E-state index >= 15 is 0 Å². The van der Waals surface area contributed by atoms with Gasteiger partial charge in [-0.2, -0.15) is 0 Å². The molecule has 1 aliphatic rings. The van der Waals surface area contributed by atoms with Crippen molar-refractivity contribution < 1.29 is 14.3 Å². The van der Waals surface area contributed by atoms with E-state index in [9.17, 15) is 9.59 Å². The van der Waals surface area contributed by atoms with Crippen LogP contribution in [0.5, 0.6) is 5.75 Å². The molecule has 0 radical (unpaired) electrons. The second-order valence-electron chi connectivity index (χ2n) is 8.67. The summed E-state index contributed by atoms with van der Waals surface area (Å²) in [4.78, 5) is 27.0. The van der Waals surface area contributed by atoms with Gasteiger partial charge in [0.2, 0.25) is 5.91 Å². The minimum atomic E-state index is -0.527. The van der Waals surface area contributed by atoms with Crippen LogP contribution in [-0.2, 0) is 17.6 Å². The lowest BCUT2D eigenvalue weighted by molar-refractivity contribution is -0.123. The molecule has 0 aliphatic heterocycles. The third kappa shape index (κ3) is 4.99. The van der Waals surface area contributed by atoms with E-state index in [1.807, 2.05) is 52.0 Å². The number of fused-ring (bicyclic) bond motifs is 1. The summed E-state index contributed by atoms with van der Waals surface area (Å²) in [6, 6.07) is 7.34. The van der Waals surface area contributed by atoms with Gasteiger partial charge in [0, 0.05) is 16.0 Å². The minimum Gasteiger partial charge on any atom is -0.494 e. The highest BCUT2D eigenvalue weighted by atomic mass is 32.1. The zero-order valence-electron chi connectivity index (χ0n) is 17.8. The summed E-state index contributed by atoms with van der Waals surface area (Å²) in [6.45, 7) is 10.4. The number of hydrogen-bond acceptors (Lipinski definition) is 4. The van der Waals surface area contributed by atoms with Gasteiger partial charge in [0.15, 0.2) is 0 Å². The van der Waals surface area contributed by atoms with Crippen molar-refractivity contribution in [1.29, 1.82) is 0 Å². The molecule has 1 aromatic heterocycles. The molecule has 5 nitrogen and oxygen atoms in total. The standard InChI is InChI=1S/C23H30N2O3S/c1-6-28-16-10-8-15(9-11-16)24-20(26)19-17-12-7-14(2)13-18(17)29-21(19)25-22(27)23(3,4)5/h8-11,14H,6-7,12-13H2,1-5H3,(H,24,26)(H,25,27). The largest absolute Gasteiger partial charge is 0.494 e. The van der Waals surface area contributed by atoms with Crippen molar-refractivity contribution in [3.05, 3.63) is 40.3 Å². The van der Waals surface area contributed by atoms with E-state index in [1.165, 1.54) is 4.88 Å². The zero-order valence-corrected chi connectivity index (χ0v) is 18.7. The van der Waals surface area contributed by atoms with Crippen LogP contribution in [0.4, 0.5) is 10.7 Å². The molecule has 0 spiro atoms. The first-order valence-electron chi connectivity index (χ1n) is 10.2. The third-order valence-corrected chi connectivity index (χ3v) is 6.24. The van der Waals surface area contributed by atoms with Crippen LogP contribution in [-0.4, -0.2) is 18.4 Å². The quantitative estimate of drug-likeness (QED) is 0.678. The van der Waals surface area contributed by atoms with Crippen molar-refractivity contribution in [2.75, 3.05) is 17.2 Å². The van der Waals surface area contributed by atoms with Crippen molar-refractivity contribution in [3.63, 3.8) is 0 Å². The summed E-state index contributed by atoms with van der Waals surface area (Å²) in [6.07, 6.45) is 2.87. The average Bonchev–Trinajstić information content (AvgIpc) is 2.99. The van der Waals surface area contributed by atoms with Gasteiger partial charge in [0.05, 0.1) is 12.2 Å². The SMILES string of the molecule is CCOc1ccc(NC(=O)c2c(NC(=O)C(C)(C)C)sc3c2CCC(C)C3)cc1. The van der Waals surface area contributed by atoms with Gasteiger partial charge in [-0.15, -0.1) is 11.3 Å². The Kier molecular flexibility index (Phi) is 6.32. The number of carbonyl (C=O) groups excluding carboxylic acids is 2. The van der Waals surface area contributed by atoms with E-state index in [0.29, 0.717) is 28.8 Å². The van der Waals surface area contributed by atoms with Gasteiger partial charge in [-0.05, 0) is 61.9 Å². The van der Waals surface area contributed by atoms with Gasteiger partial charge in [-0.25, -0.2) is 0 Å². The molecule has 0 fully saturated rings. The summed E-state index contributed by atoms with van der Waals surface area (Å²) in [5.74, 6) is 1.10. The molecule has 0 saturated carbocycles. The summed E-state index contributed by atoms with van der Waals surface area (Å²) in [7, 11) is 0. The lowest BCUT2D eigenvalue weighted by atomic mass is 9.88. The fourth-order valence-electron chi connectivity index (χ4n) is 3.36. The predicted octanol–water partition coefficient (Wildman–Crippen LogP) is 5.51. The Hall–Kier alpha value is -2.34. The number of amides is 2. The van der Waals surface area contributed by atoms with Crippen LogP contribution in [0.2, 0.25) is 0 Å². The molecule has 0 saturated heterocycles. The molecule has 3 rings (SSSR count). The van der Waals surface area contributed by atoms with E-state index in [-0.39, 0.29) is 11.8 Å². The molecule has 1 unspecified atom stereocenters. The molecular weight excluding hydrogens is 384 g/mol. The zero-order chi connectivity index (χ0) is 21.2. The van der Waals surface area contributed by atoms with Crippen molar-refractivity contribution in [2.24, 2.45) is 11.3 Å². The molecule has 1 aliphatic carbocycles. The molecule has 6 heteroatoms. The van der Waals surface area contributed by atoms with Crippen molar-refractivity contribution in [2.45, 2.75) is 53.9 Å². The van der Waals surface area contributed by atoms with E-state index < -0.39 is 5.41 Å². The molecule has 1 aromatic carbocycles. The van der Waals surface area contributed by atoms with Crippen molar-refractivity contribution in [1.82, 2.24) is 0 Å². The Morgan fingerprint density at radius 1 is 1.17 bits per heavy atom. The Morgan fingerprint density at radius 3 is 2.48 bits per heavy atom. The molecule has 2 amide bonds. The lowest BCUT2D eigenvalue weighted by Crippen LogP contribution is -2.28. The summed E-state index contributed by atoms with van der Waals surface area (Å²) >= 11 is 1.55. The maximum absolute atomic E-state index is 13.2. The van der Waals surface area contributed by atoms with Crippen LogP contribution in [0.1, 0.15) is 61.8 Å². The maximum Gasteiger partial charge on any atom is 0.258 e. The number of hydrogen-bond donors (Lipinski definition) is 2. The van der Waals surface area contributed by atoms with Crippen molar-refractivity contribution in [3.8, 4) is 5.75 Å². The van der Waals surface area contributed by atoms with Crippen LogP contribution >= 0.6 is 11.3 Å². The number of ether oxygens (including phenoxy) is 1. The number of anilines is 2. The molecule has 1 atom stereocenters. The van der Waals surface area contributed by atoms with Gasteiger partial charge in [0.1, 0.15) is 10.8 Å². The Labute approximate surface area is 176 Å².